The lowest BCUT2D eigenvalue weighted by atomic mass is 9.89. The van der Waals surface area contributed by atoms with Gasteiger partial charge in [0.2, 0.25) is 0 Å². The number of carbonyl (C=O) groups is 1. The molecule has 0 bridgehead atoms. The molecule has 3 N–H and O–H groups in total. The second-order valence-corrected chi connectivity index (χ2v) is 10.8. The van der Waals surface area contributed by atoms with Crippen LogP contribution in [0.3, 0.4) is 0 Å². The summed E-state index contributed by atoms with van der Waals surface area (Å²) in [5, 5.41) is 23.3. The van der Waals surface area contributed by atoms with Crippen LogP contribution in [0.2, 0.25) is 0 Å². The van der Waals surface area contributed by atoms with Crippen molar-refractivity contribution in [2.45, 2.75) is 57.6 Å². The highest BCUT2D eigenvalue weighted by molar-refractivity contribution is 5.67. The Morgan fingerprint density at radius 1 is 1.02 bits per heavy atom. The van der Waals surface area contributed by atoms with Gasteiger partial charge in [0.25, 0.3) is 0 Å². The number of carbonyl (C=O) groups excluding carboxylic acids is 1. The number of nitrogens with zero attached hydrogens (tertiary/aromatic N) is 1. The zero-order chi connectivity index (χ0) is 30.1. The first kappa shape index (κ1) is 31.4. The van der Waals surface area contributed by atoms with Crippen LogP contribution in [-0.2, 0) is 27.4 Å². The van der Waals surface area contributed by atoms with Crippen LogP contribution in [-0.4, -0.2) is 53.6 Å². The Morgan fingerprint density at radius 3 is 2.31 bits per heavy atom. The molecule has 1 heterocycles. The maximum Gasteiger partial charge on any atom is 0.407 e. The fourth-order valence-electron chi connectivity index (χ4n) is 5.10. The molecule has 8 nitrogen and oxygen atoms in total. The van der Waals surface area contributed by atoms with Crippen molar-refractivity contribution in [3.63, 3.8) is 0 Å². The fourth-order valence-corrected chi connectivity index (χ4v) is 5.10. The van der Waals surface area contributed by atoms with E-state index in [2.05, 4.69) is 23.7 Å². The lowest BCUT2D eigenvalue weighted by Crippen LogP contribution is -2.46. The molecule has 4 rings (SSSR count). The summed E-state index contributed by atoms with van der Waals surface area (Å²) < 4.78 is 18.1. The van der Waals surface area contributed by atoms with Crippen molar-refractivity contribution < 1.29 is 29.2 Å². The highest BCUT2D eigenvalue weighted by atomic mass is 16.7. The van der Waals surface area contributed by atoms with E-state index in [1.807, 2.05) is 92.8 Å². The van der Waals surface area contributed by atoms with E-state index in [1.165, 1.54) is 6.08 Å². The number of amides is 1. The summed E-state index contributed by atoms with van der Waals surface area (Å²) in [4.78, 5) is 13.9. The zero-order valence-corrected chi connectivity index (χ0v) is 24.6. The van der Waals surface area contributed by atoms with Crippen molar-refractivity contribution in [3.05, 3.63) is 119 Å². The number of nitrogens with one attached hydrogen (secondary N) is 1. The SMILES string of the molecule is C=CCOC(=O)NCc1ccc(C2OC(CN(C)C(C)C(O)c3ccccc3)C(C)C(c3ccc(CO)cc3)O2)cc1. The van der Waals surface area contributed by atoms with Gasteiger partial charge in [-0.2, -0.15) is 0 Å². The molecule has 1 fully saturated rings. The second-order valence-electron chi connectivity index (χ2n) is 10.8. The van der Waals surface area contributed by atoms with Crippen molar-refractivity contribution in [3.8, 4) is 0 Å². The predicted octanol–water partition coefficient (Wildman–Crippen LogP) is 5.44. The van der Waals surface area contributed by atoms with Gasteiger partial charge in [0.15, 0.2) is 6.29 Å². The second kappa shape index (κ2) is 15.1. The van der Waals surface area contributed by atoms with Crippen LogP contribution in [0.1, 0.15) is 60.2 Å². The average Bonchev–Trinajstić information content (AvgIpc) is 3.03. The topological polar surface area (TPSA) is 100 Å². The molecule has 0 aliphatic carbocycles. The molecule has 0 aromatic heterocycles. The van der Waals surface area contributed by atoms with E-state index >= 15 is 0 Å². The molecule has 6 unspecified atom stereocenters. The Kier molecular flexibility index (Phi) is 11.3. The maximum atomic E-state index is 11.8. The number of ether oxygens (including phenoxy) is 3. The lowest BCUT2D eigenvalue weighted by Gasteiger charge is -2.43. The monoisotopic (exact) mass is 574 g/mol. The standard InChI is InChI=1S/C34H42N2O6/c1-5-19-40-34(39)35-20-25-11-17-29(18-12-25)33-41-30(21-36(4)24(3)31(38)27-9-7-6-8-10-27)23(2)32(42-33)28-15-13-26(22-37)14-16-28/h5-18,23-24,30-33,37-38H,1,19-22H2,2-4H3,(H,35,39). The van der Waals surface area contributed by atoms with Gasteiger partial charge >= 0.3 is 6.09 Å². The molecule has 1 amide bonds. The van der Waals surface area contributed by atoms with Gasteiger partial charge in [-0.25, -0.2) is 4.79 Å². The molecular formula is C34H42N2O6. The van der Waals surface area contributed by atoms with Gasteiger partial charge in [0.05, 0.1) is 24.9 Å². The Bertz CT molecular complexity index is 1270. The van der Waals surface area contributed by atoms with Crippen molar-refractivity contribution in [2.75, 3.05) is 20.2 Å². The number of aliphatic hydroxyl groups is 2. The van der Waals surface area contributed by atoms with E-state index in [4.69, 9.17) is 14.2 Å². The number of hydrogen-bond acceptors (Lipinski definition) is 7. The van der Waals surface area contributed by atoms with Crippen molar-refractivity contribution in [2.24, 2.45) is 5.92 Å². The number of hydrogen-bond donors (Lipinski definition) is 3. The lowest BCUT2D eigenvalue weighted by molar-refractivity contribution is -0.276. The molecular weight excluding hydrogens is 532 g/mol. The molecule has 8 heteroatoms. The maximum absolute atomic E-state index is 11.8. The van der Waals surface area contributed by atoms with Gasteiger partial charge in [-0.15, -0.1) is 0 Å². The Balaban J connectivity index is 1.51. The number of aliphatic hydroxyl groups excluding tert-OH is 2. The molecule has 0 radical (unpaired) electrons. The van der Waals surface area contributed by atoms with Gasteiger partial charge in [-0.05, 0) is 36.2 Å². The van der Waals surface area contributed by atoms with E-state index in [9.17, 15) is 15.0 Å². The first-order chi connectivity index (χ1) is 20.3. The molecule has 3 aromatic carbocycles. The number of alkyl carbamates (subject to hydrolysis) is 1. The number of likely N-dealkylation sites (N-methyl/N-ethyl adjacent to an activating group) is 1. The number of benzene rings is 3. The summed E-state index contributed by atoms with van der Waals surface area (Å²) in [5.41, 5.74) is 4.50. The third-order valence-corrected chi connectivity index (χ3v) is 7.91. The van der Waals surface area contributed by atoms with Crippen LogP contribution in [0.15, 0.2) is 91.5 Å². The summed E-state index contributed by atoms with van der Waals surface area (Å²) in [6, 6.07) is 25.1. The first-order valence-electron chi connectivity index (χ1n) is 14.3. The minimum absolute atomic E-state index is 0.00907. The molecule has 0 spiro atoms. The number of rotatable bonds is 12. The fraction of sp³-hybridized carbons (Fsp3) is 0.382. The third kappa shape index (κ3) is 8.06. The Labute approximate surface area is 248 Å². The van der Waals surface area contributed by atoms with Crippen molar-refractivity contribution in [1.29, 1.82) is 0 Å². The van der Waals surface area contributed by atoms with E-state index in [-0.39, 0.29) is 37.4 Å². The van der Waals surface area contributed by atoms with E-state index < -0.39 is 18.5 Å². The molecule has 0 saturated carbocycles. The quantitative estimate of drug-likeness (QED) is 0.248. The molecule has 224 valence electrons. The van der Waals surface area contributed by atoms with Crippen molar-refractivity contribution >= 4 is 6.09 Å². The molecule has 42 heavy (non-hydrogen) atoms. The minimum atomic E-state index is -0.640. The van der Waals surface area contributed by atoms with Crippen LogP contribution in [0.5, 0.6) is 0 Å². The molecule has 1 saturated heterocycles. The van der Waals surface area contributed by atoms with Crippen LogP contribution in [0.4, 0.5) is 4.79 Å². The molecule has 1 aliphatic rings. The summed E-state index contributed by atoms with van der Waals surface area (Å²) in [5.74, 6) is 0.00907. The summed E-state index contributed by atoms with van der Waals surface area (Å²) in [6.45, 7) is 8.74. The first-order valence-corrected chi connectivity index (χ1v) is 14.3. The predicted molar refractivity (Wildman–Crippen MR) is 161 cm³/mol. The van der Waals surface area contributed by atoms with Gasteiger partial charge < -0.3 is 29.7 Å². The zero-order valence-electron chi connectivity index (χ0n) is 24.6. The van der Waals surface area contributed by atoms with E-state index in [0.717, 1.165) is 27.8 Å². The molecule has 6 atom stereocenters. The van der Waals surface area contributed by atoms with E-state index in [0.29, 0.717) is 13.1 Å². The van der Waals surface area contributed by atoms with Gasteiger partial charge in [-0.3, -0.25) is 4.90 Å². The Hall–Kier alpha value is -3.53. The Morgan fingerprint density at radius 2 is 1.67 bits per heavy atom. The van der Waals surface area contributed by atoms with Crippen LogP contribution in [0, 0.1) is 5.92 Å². The van der Waals surface area contributed by atoms with E-state index in [1.54, 1.807) is 0 Å². The largest absolute Gasteiger partial charge is 0.445 e. The van der Waals surface area contributed by atoms with Gasteiger partial charge in [-0.1, -0.05) is 98.4 Å². The normalized spacial score (nSPS) is 21.9. The summed E-state index contributed by atoms with van der Waals surface area (Å²) in [6.07, 6.45) is -0.672. The van der Waals surface area contributed by atoms with Crippen LogP contribution < -0.4 is 5.32 Å². The van der Waals surface area contributed by atoms with Crippen LogP contribution in [0.25, 0.3) is 0 Å². The third-order valence-electron chi connectivity index (χ3n) is 7.91. The van der Waals surface area contributed by atoms with Gasteiger partial charge in [0.1, 0.15) is 6.61 Å². The summed E-state index contributed by atoms with van der Waals surface area (Å²) >= 11 is 0. The van der Waals surface area contributed by atoms with Gasteiger partial charge in [0, 0.05) is 30.6 Å². The minimum Gasteiger partial charge on any atom is -0.445 e. The van der Waals surface area contributed by atoms with Crippen LogP contribution >= 0.6 is 0 Å². The average molecular weight is 575 g/mol. The molecule has 3 aromatic rings. The highest BCUT2D eigenvalue weighted by Gasteiger charge is 2.39. The smallest absolute Gasteiger partial charge is 0.407 e. The molecule has 1 aliphatic heterocycles. The summed E-state index contributed by atoms with van der Waals surface area (Å²) in [7, 11) is 2.00. The van der Waals surface area contributed by atoms with Crippen molar-refractivity contribution in [1.82, 2.24) is 10.2 Å². The highest BCUT2D eigenvalue weighted by Crippen LogP contribution is 2.42.